The fourth-order valence-electron chi connectivity index (χ4n) is 1.78. The van der Waals surface area contributed by atoms with E-state index >= 15 is 0 Å². The zero-order chi connectivity index (χ0) is 13.4. The molecule has 0 aliphatic heterocycles. The standard InChI is InChI=1S/C13H21N3O2.ClH/c1-3-15(4-2)11-5-10-14-12-6-8-13(9-7-12)16(17)18;/h6-9,14H,3-5,10-11H2,1-2H3;1H. The van der Waals surface area contributed by atoms with Crippen molar-refractivity contribution in [2.75, 3.05) is 31.5 Å². The van der Waals surface area contributed by atoms with Crippen molar-refractivity contribution in [2.45, 2.75) is 20.3 Å². The van der Waals surface area contributed by atoms with Gasteiger partial charge in [0.1, 0.15) is 0 Å². The van der Waals surface area contributed by atoms with E-state index in [1.807, 2.05) is 0 Å². The summed E-state index contributed by atoms with van der Waals surface area (Å²) in [5.41, 5.74) is 1.06. The van der Waals surface area contributed by atoms with Crippen molar-refractivity contribution >= 4 is 23.8 Å². The van der Waals surface area contributed by atoms with Crippen molar-refractivity contribution < 1.29 is 4.92 Å². The largest absolute Gasteiger partial charge is 0.385 e. The quantitative estimate of drug-likeness (QED) is 0.453. The van der Waals surface area contributed by atoms with Crippen molar-refractivity contribution in [3.63, 3.8) is 0 Å². The first kappa shape index (κ1) is 17.7. The lowest BCUT2D eigenvalue weighted by molar-refractivity contribution is -0.384. The van der Waals surface area contributed by atoms with Gasteiger partial charge in [0, 0.05) is 24.4 Å². The Balaban J connectivity index is 0.00000324. The first-order valence-corrected chi connectivity index (χ1v) is 6.38. The van der Waals surface area contributed by atoms with Crippen molar-refractivity contribution in [3.05, 3.63) is 34.4 Å². The van der Waals surface area contributed by atoms with Crippen LogP contribution in [0.2, 0.25) is 0 Å². The van der Waals surface area contributed by atoms with Crippen LogP contribution in [0, 0.1) is 10.1 Å². The Morgan fingerprint density at radius 2 is 1.79 bits per heavy atom. The predicted octanol–water partition coefficient (Wildman–Crippen LogP) is 3.16. The van der Waals surface area contributed by atoms with Gasteiger partial charge in [0.15, 0.2) is 0 Å². The van der Waals surface area contributed by atoms with Gasteiger partial charge in [0.05, 0.1) is 4.92 Å². The average molecular weight is 288 g/mol. The van der Waals surface area contributed by atoms with Crippen LogP contribution in [0.5, 0.6) is 0 Å². The molecule has 0 fully saturated rings. The van der Waals surface area contributed by atoms with E-state index in [9.17, 15) is 10.1 Å². The topological polar surface area (TPSA) is 58.4 Å². The molecular weight excluding hydrogens is 266 g/mol. The summed E-state index contributed by atoms with van der Waals surface area (Å²) in [5, 5.41) is 13.8. The van der Waals surface area contributed by atoms with Crippen LogP contribution in [-0.4, -0.2) is 36.0 Å². The lowest BCUT2D eigenvalue weighted by atomic mass is 10.2. The van der Waals surface area contributed by atoms with Crippen LogP contribution in [0.3, 0.4) is 0 Å². The maximum Gasteiger partial charge on any atom is 0.269 e. The Bertz CT molecular complexity index is 367. The lowest BCUT2D eigenvalue weighted by Gasteiger charge is -2.17. The highest BCUT2D eigenvalue weighted by Gasteiger charge is 2.03. The summed E-state index contributed by atoms with van der Waals surface area (Å²) in [5.74, 6) is 0. The molecular formula is C13H22ClN3O2. The van der Waals surface area contributed by atoms with Gasteiger partial charge in [-0.2, -0.15) is 0 Å². The third-order valence-corrected chi connectivity index (χ3v) is 2.95. The SMILES string of the molecule is CCN(CC)CCCNc1ccc([N+](=O)[O-])cc1.Cl. The molecule has 0 bridgehead atoms. The summed E-state index contributed by atoms with van der Waals surface area (Å²) in [6.45, 7) is 8.43. The third-order valence-electron chi connectivity index (χ3n) is 2.95. The first-order valence-electron chi connectivity index (χ1n) is 6.38. The summed E-state index contributed by atoms with van der Waals surface area (Å²) in [6, 6.07) is 6.53. The minimum absolute atomic E-state index is 0. The van der Waals surface area contributed by atoms with E-state index in [2.05, 4.69) is 24.1 Å². The molecule has 0 aliphatic rings. The van der Waals surface area contributed by atoms with E-state index < -0.39 is 0 Å². The van der Waals surface area contributed by atoms with Crippen LogP contribution < -0.4 is 5.32 Å². The summed E-state index contributed by atoms with van der Waals surface area (Å²) in [6.07, 6.45) is 1.07. The van der Waals surface area contributed by atoms with Gasteiger partial charge in [0.2, 0.25) is 0 Å². The lowest BCUT2D eigenvalue weighted by Crippen LogP contribution is -2.25. The summed E-state index contributed by atoms with van der Waals surface area (Å²) in [7, 11) is 0. The monoisotopic (exact) mass is 287 g/mol. The number of nitrogens with one attached hydrogen (secondary N) is 1. The highest BCUT2D eigenvalue weighted by atomic mass is 35.5. The minimum Gasteiger partial charge on any atom is -0.385 e. The van der Waals surface area contributed by atoms with Crippen molar-refractivity contribution in [1.29, 1.82) is 0 Å². The molecule has 1 aromatic carbocycles. The van der Waals surface area contributed by atoms with Gasteiger partial charge in [-0.1, -0.05) is 13.8 Å². The van der Waals surface area contributed by atoms with Crippen LogP contribution in [0.1, 0.15) is 20.3 Å². The van der Waals surface area contributed by atoms with Crippen LogP contribution in [-0.2, 0) is 0 Å². The van der Waals surface area contributed by atoms with Crippen LogP contribution >= 0.6 is 12.4 Å². The second-order valence-corrected chi connectivity index (χ2v) is 4.11. The molecule has 0 spiro atoms. The molecule has 0 amide bonds. The zero-order valence-electron chi connectivity index (χ0n) is 11.5. The zero-order valence-corrected chi connectivity index (χ0v) is 12.3. The van der Waals surface area contributed by atoms with E-state index in [0.717, 1.165) is 38.3 Å². The molecule has 0 atom stereocenters. The Kier molecular flexibility index (Phi) is 8.91. The number of rotatable bonds is 8. The highest BCUT2D eigenvalue weighted by molar-refractivity contribution is 5.85. The molecule has 19 heavy (non-hydrogen) atoms. The number of anilines is 1. The maximum absolute atomic E-state index is 10.5. The van der Waals surface area contributed by atoms with Crippen LogP contribution in [0.15, 0.2) is 24.3 Å². The van der Waals surface area contributed by atoms with E-state index in [1.54, 1.807) is 12.1 Å². The third kappa shape index (κ3) is 6.40. The van der Waals surface area contributed by atoms with Gasteiger partial charge in [-0.3, -0.25) is 10.1 Å². The number of nitro groups is 1. The molecule has 1 N–H and O–H groups in total. The van der Waals surface area contributed by atoms with E-state index in [0.29, 0.717) is 0 Å². The Morgan fingerprint density at radius 3 is 2.26 bits per heavy atom. The molecule has 108 valence electrons. The van der Waals surface area contributed by atoms with Crippen molar-refractivity contribution in [1.82, 2.24) is 4.90 Å². The fraction of sp³-hybridized carbons (Fsp3) is 0.538. The molecule has 5 nitrogen and oxygen atoms in total. The van der Waals surface area contributed by atoms with Gasteiger partial charge < -0.3 is 10.2 Å². The molecule has 0 unspecified atom stereocenters. The van der Waals surface area contributed by atoms with Gasteiger partial charge in [0.25, 0.3) is 5.69 Å². The van der Waals surface area contributed by atoms with Gasteiger partial charge in [-0.25, -0.2) is 0 Å². The fourth-order valence-corrected chi connectivity index (χ4v) is 1.78. The van der Waals surface area contributed by atoms with Crippen LogP contribution in [0.4, 0.5) is 11.4 Å². The number of nitro benzene ring substituents is 1. The number of hydrogen-bond donors (Lipinski definition) is 1. The average Bonchev–Trinajstić information content (AvgIpc) is 2.39. The number of benzene rings is 1. The highest BCUT2D eigenvalue weighted by Crippen LogP contribution is 2.15. The number of halogens is 1. The van der Waals surface area contributed by atoms with Gasteiger partial charge >= 0.3 is 0 Å². The number of nitrogens with zero attached hydrogens (tertiary/aromatic N) is 2. The van der Waals surface area contributed by atoms with Crippen molar-refractivity contribution in [3.8, 4) is 0 Å². The van der Waals surface area contributed by atoms with Gasteiger partial charge in [-0.05, 0) is 38.2 Å². The molecule has 0 radical (unpaired) electrons. The molecule has 6 heteroatoms. The maximum atomic E-state index is 10.5. The first-order chi connectivity index (χ1) is 8.67. The Morgan fingerprint density at radius 1 is 1.21 bits per heavy atom. The van der Waals surface area contributed by atoms with Crippen LogP contribution in [0.25, 0.3) is 0 Å². The van der Waals surface area contributed by atoms with E-state index in [-0.39, 0.29) is 23.0 Å². The number of non-ortho nitro benzene ring substituents is 1. The molecule has 1 aromatic rings. The molecule has 0 heterocycles. The normalized spacial score (nSPS) is 10.1. The van der Waals surface area contributed by atoms with E-state index in [4.69, 9.17) is 0 Å². The smallest absolute Gasteiger partial charge is 0.269 e. The molecule has 0 saturated heterocycles. The second kappa shape index (κ2) is 9.58. The summed E-state index contributed by atoms with van der Waals surface area (Å²) in [4.78, 5) is 12.5. The predicted molar refractivity (Wildman–Crippen MR) is 81.2 cm³/mol. The summed E-state index contributed by atoms with van der Waals surface area (Å²) >= 11 is 0. The minimum atomic E-state index is -0.385. The molecule has 0 saturated carbocycles. The van der Waals surface area contributed by atoms with Gasteiger partial charge in [-0.15, -0.1) is 12.4 Å². The molecule has 1 rings (SSSR count). The Hall–Kier alpha value is -1.33. The summed E-state index contributed by atoms with van der Waals surface area (Å²) < 4.78 is 0. The van der Waals surface area contributed by atoms with E-state index in [1.165, 1.54) is 12.1 Å². The second-order valence-electron chi connectivity index (χ2n) is 4.11. The number of hydrogen-bond acceptors (Lipinski definition) is 4. The van der Waals surface area contributed by atoms with Crippen molar-refractivity contribution in [2.24, 2.45) is 0 Å². The Labute approximate surface area is 120 Å². The molecule has 0 aliphatic carbocycles. The molecule has 0 aromatic heterocycles.